The number of hydrogen-bond donors (Lipinski definition) is 1. The topological polar surface area (TPSA) is 55.6 Å². The van der Waals surface area contributed by atoms with Crippen LogP contribution in [0.1, 0.15) is 50.9 Å². The van der Waals surface area contributed by atoms with Gasteiger partial charge in [0, 0.05) is 6.04 Å². The van der Waals surface area contributed by atoms with Gasteiger partial charge in [0.15, 0.2) is 5.82 Å². The fraction of sp³-hybridized carbons (Fsp3) is 0.909. The number of hydrogen-bond acceptors (Lipinski definition) is 4. The van der Waals surface area contributed by atoms with Crippen LogP contribution in [0.2, 0.25) is 0 Å². The van der Waals surface area contributed by atoms with E-state index in [4.69, 9.17) is 0 Å². The van der Waals surface area contributed by atoms with E-state index in [0.717, 1.165) is 18.3 Å². The third-order valence-corrected chi connectivity index (χ3v) is 3.70. The standard InChI is InChI=1S/C11H19N5/c1-8-2-5-10(6-8)16-11(13-14-15-16)7-12-9-3-4-9/h8-10,12H,2-7H2,1H3. The minimum absolute atomic E-state index is 0.529. The summed E-state index contributed by atoms with van der Waals surface area (Å²) in [4.78, 5) is 0. The van der Waals surface area contributed by atoms with Crippen molar-refractivity contribution in [3.63, 3.8) is 0 Å². The Morgan fingerprint density at radius 1 is 1.31 bits per heavy atom. The second-order valence-corrected chi connectivity index (χ2v) is 5.27. The van der Waals surface area contributed by atoms with Gasteiger partial charge in [-0.2, -0.15) is 0 Å². The minimum atomic E-state index is 0.529. The van der Waals surface area contributed by atoms with Crippen LogP contribution in [0.3, 0.4) is 0 Å². The average Bonchev–Trinajstić information content (AvgIpc) is 2.82. The lowest BCUT2D eigenvalue weighted by molar-refractivity contribution is 0.418. The number of tetrazole rings is 1. The molecule has 1 aromatic heterocycles. The predicted octanol–water partition coefficient (Wildman–Crippen LogP) is 1.29. The molecule has 0 saturated heterocycles. The first kappa shape index (κ1) is 10.2. The maximum atomic E-state index is 4.15. The van der Waals surface area contributed by atoms with Crippen LogP contribution in [0.4, 0.5) is 0 Å². The number of nitrogens with one attached hydrogen (secondary N) is 1. The minimum Gasteiger partial charge on any atom is -0.307 e. The summed E-state index contributed by atoms with van der Waals surface area (Å²) in [5, 5.41) is 15.6. The summed E-state index contributed by atoms with van der Waals surface area (Å²) in [5.41, 5.74) is 0. The highest BCUT2D eigenvalue weighted by molar-refractivity contribution is 4.90. The molecule has 1 heterocycles. The first-order valence-electron chi connectivity index (χ1n) is 6.33. The first-order valence-corrected chi connectivity index (χ1v) is 6.33. The van der Waals surface area contributed by atoms with Crippen molar-refractivity contribution in [1.82, 2.24) is 25.5 Å². The summed E-state index contributed by atoms with van der Waals surface area (Å²) in [6.07, 6.45) is 6.37. The molecule has 2 unspecified atom stereocenters. The molecule has 0 spiro atoms. The highest BCUT2D eigenvalue weighted by Crippen LogP contribution is 2.33. The summed E-state index contributed by atoms with van der Waals surface area (Å²) in [6.45, 7) is 3.13. The molecule has 2 atom stereocenters. The Balaban J connectivity index is 1.66. The van der Waals surface area contributed by atoms with Crippen LogP contribution in [0.15, 0.2) is 0 Å². The van der Waals surface area contributed by atoms with Gasteiger partial charge in [0.1, 0.15) is 0 Å². The van der Waals surface area contributed by atoms with Crippen LogP contribution >= 0.6 is 0 Å². The fourth-order valence-electron chi connectivity index (χ4n) is 2.53. The molecule has 2 fully saturated rings. The Kier molecular flexibility index (Phi) is 2.63. The normalized spacial score (nSPS) is 29.8. The molecule has 1 aromatic rings. The second-order valence-electron chi connectivity index (χ2n) is 5.27. The Labute approximate surface area is 95.6 Å². The average molecular weight is 221 g/mol. The monoisotopic (exact) mass is 221 g/mol. The van der Waals surface area contributed by atoms with Crippen molar-refractivity contribution in [2.75, 3.05) is 0 Å². The molecule has 3 rings (SSSR count). The molecule has 0 amide bonds. The molecule has 0 aromatic carbocycles. The Bertz CT molecular complexity index is 357. The van der Waals surface area contributed by atoms with Crippen molar-refractivity contribution in [3.8, 4) is 0 Å². The van der Waals surface area contributed by atoms with Gasteiger partial charge in [-0.05, 0) is 48.4 Å². The molecule has 5 heteroatoms. The van der Waals surface area contributed by atoms with Crippen LogP contribution < -0.4 is 5.32 Å². The molecule has 0 aliphatic heterocycles. The van der Waals surface area contributed by atoms with Gasteiger partial charge in [0.2, 0.25) is 0 Å². The van der Waals surface area contributed by atoms with Gasteiger partial charge in [-0.15, -0.1) is 5.10 Å². The SMILES string of the molecule is CC1CCC(n2nnnc2CNC2CC2)C1. The van der Waals surface area contributed by atoms with Crippen LogP contribution in [0, 0.1) is 5.92 Å². The van der Waals surface area contributed by atoms with Crippen LogP contribution in [-0.4, -0.2) is 26.2 Å². The molecule has 1 N–H and O–H groups in total. The zero-order valence-corrected chi connectivity index (χ0v) is 9.76. The Morgan fingerprint density at radius 2 is 2.19 bits per heavy atom. The summed E-state index contributed by atoms with van der Waals surface area (Å²) in [7, 11) is 0. The highest BCUT2D eigenvalue weighted by atomic mass is 15.6. The van der Waals surface area contributed by atoms with Crippen molar-refractivity contribution in [3.05, 3.63) is 5.82 Å². The zero-order valence-electron chi connectivity index (χ0n) is 9.76. The summed E-state index contributed by atoms with van der Waals surface area (Å²) < 4.78 is 2.04. The zero-order chi connectivity index (χ0) is 11.0. The van der Waals surface area contributed by atoms with Crippen molar-refractivity contribution >= 4 is 0 Å². The van der Waals surface area contributed by atoms with E-state index in [1.807, 2.05) is 4.68 Å². The van der Waals surface area contributed by atoms with E-state index >= 15 is 0 Å². The number of aromatic nitrogens is 4. The molecular formula is C11H19N5. The molecule has 0 radical (unpaired) electrons. The summed E-state index contributed by atoms with van der Waals surface area (Å²) >= 11 is 0. The van der Waals surface area contributed by atoms with Gasteiger partial charge < -0.3 is 5.32 Å². The van der Waals surface area contributed by atoms with Gasteiger partial charge in [-0.3, -0.25) is 0 Å². The predicted molar refractivity (Wildman–Crippen MR) is 59.7 cm³/mol. The van der Waals surface area contributed by atoms with Crippen LogP contribution in [0.25, 0.3) is 0 Å². The molecule has 2 aliphatic carbocycles. The summed E-state index contributed by atoms with van der Waals surface area (Å²) in [6, 6.07) is 1.24. The largest absolute Gasteiger partial charge is 0.307 e. The maximum Gasteiger partial charge on any atom is 0.165 e. The highest BCUT2D eigenvalue weighted by Gasteiger charge is 2.27. The first-order chi connectivity index (χ1) is 7.83. The molecule has 2 saturated carbocycles. The van der Waals surface area contributed by atoms with Gasteiger partial charge in [0.05, 0.1) is 12.6 Å². The van der Waals surface area contributed by atoms with E-state index in [1.165, 1.54) is 32.1 Å². The smallest absolute Gasteiger partial charge is 0.165 e. The number of nitrogens with zero attached hydrogens (tertiary/aromatic N) is 4. The Morgan fingerprint density at radius 3 is 2.88 bits per heavy atom. The van der Waals surface area contributed by atoms with E-state index < -0.39 is 0 Å². The maximum absolute atomic E-state index is 4.15. The molecular weight excluding hydrogens is 202 g/mol. The van der Waals surface area contributed by atoms with Crippen molar-refractivity contribution in [1.29, 1.82) is 0 Å². The molecule has 5 nitrogen and oxygen atoms in total. The van der Waals surface area contributed by atoms with E-state index in [1.54, 1.807) is 0 Å². The van der Waals surface area contributed by atoms with E-state index in [-0.39, 0.29) is 0 Å². The van der Waals surface area contributed by atoms with Crippen molar-refractivity contribution in [2.45, 2.75) is 57.7 Å². The van der Waals surface area contributed by atoms with Gasteiger partial charge in [0.25, 0.3) is 0 Å². The van der Waals surface area contributed by atoms with Crippen molar-refractivity contribution in [2.24, 2.45) is 5.92 Å². The fourth-order valence-corrected chi connectivity index (χ4v) is 2.53. The quantitative estimate of drug-likeness (QED) is 0.832. The summed E-state index contributed by atoms with van der Waals surface area (Å²) in [5.74, 6) is 1.82. The van der Waals surface area contributed by atoms with Gasteiger partial charge in [-0.1, -0.05) is 6.92 Å². The van der Waals surface area contributed by atoms with E-state index in [9.17, 15) is 0 Å². The lowest BCUT2D eigenvalue weighted by Crippen LogP contribution is -2.21. The molecule has 88 valence electrons. The Hall–Kier alpha value is -0.970. The lowest BCUT2D eigenvalue weighted by Gasteiger charge is -2.12. The van der Waals surface area contributed by atoms with Gasteiger partial charge >= 0.3 is 0 Å². The molecule has 16 heavy (non-hydrogen) atoms. The third kappa shape index (κ3) is 2.09. The second kappa shape index (κ2) is 4.13. The number of rotatable bonds is 4. The lowest BCUT2D eigenvalue weighted by atomic mass is 10.1. The van der Waals surface area contributed by atoms with Gasteiger partial charge in [-0.25, -0.2) is 4.68 Å². The third-order valence-electron chi connectivity index (χ3n) is 3.70. The van der Waals surface area contributed by atoms with Crippen LogP contribution in [0.5, 0.6) is 0 Å². The van der Waals surface area contributed by atoms with Crippen molar-refractivity contribution < 1.29 is 0 Å². The van der Waals surface area contributed by atoms with Crippen LogP contribution in [-0.2, 0) is 6.54 Å². The van der Waals surface area contributed by atoms with E-state index in [2.05, 4.69) is 27.8 Å². The molecule has 0 bridgehead atoms. The molecule has 2 aliphatic rings. The van der Waals surface area contributed by atoms with E-state index in [0.29, 0.717) is 12.1 Å².